The van der Waals surface area contributed by atoms with Crippen molar-refractivity contribution in [2.45, 2.75) is 6.92 Å². The number of non-ortho nitro benzene ring substituents is 1. The van der Waals surface area contributed by atoms with Gasteiger partial charge >= 0.3 is 0 Å². The normalized spacial score (nSPS) is 11.0. The van der Waals surface area contributed by atoms with Gasteiger partial charge in [0.15, 0.2) is 0 Å². The summed E-state index contributed by atoms with van der Waals surface area (Å²) in [6, 6.07) is 5.24. The Kier molecular flexibility index (Phi) is 4.30. The molecule has 1 N–H and O–H groups in total. The highest BCUT2D eigenvalue weighted by molar-refractivity contribution is 5.99. The van der Waals surface area contributed by atoms with E-state index in [1.165, 1.54) is 42.9 Å². The molecular formula is C13H11N5O3. The Balaban J connectivity index is 2.06. The number of nitro groups is 1. The van der Waals surface area contributed by atoms with Gasteiger partial charge < -0.3 is 0 Å². The summed E-state index contributed by atoms with van der Waals surface area (Å²) in [5.74, 6) is -0.465. The summed E-state index contributed by atoms with van der Waals surface area (Å²) in [6.45, 7) is 1.68. The molecule has 0 fully saturated rings. The smallest absolute Gasteiger partial charge is 0.267 e. The number of benzene rings is 1. The van der Waals surface area contributed by atoms with E-state index in [0.717, 1.165) is 0 Å². The Morgan fingerprint density at radius 3 is 2.57 bits per heavy atom. The number of hydrazone groups is 1. The van der Waals surface area contributed by atoms with E-state index in [-0.39, 0.29) is 11.3 Å². The van der Waals surface area contributed by atoms with Crippen LogP contribution in [0, 0.1) is 10.1 Å². The monoisotopic (exact) mass is 285 g/mol. The van der Waals surface area contributed by atoms with Crippen LogP contribution < -0.4 is 5.43 Å². The fourth-order valence-electron chi connectivity index (χ4n) is 1.48. The number of nitrogens with zero attached hydrogens (tertiary/aromatic N) is 4. The van der Waals surface area contributed by atoms with Crippen molar-refractivity contribution < 1.29 is 9.72 Å². The standard InChI is InChI=1S/C13H11N5O3/c1-9(12-8-14-6-7-15-12)16-17-13(19)10-2-4-11(5-3-10)18(20)21/h2-8H,1H3,(H,17,19)/b16-9+. The van der Waals surface area contributed by atoms with E-state index < -0.39 is 10.8 Å². The van der Waals surface area contributed by atoms with Crippen molar-refractivity contribution in [2.75, 3.05) is 0 Å². The molecule has 1 amide bonds. The molecule has 0 atom stereocenters. The minimum absolute atomic E-state index is 0.0780. The first-order valence-electron chi connectivity index (χ1n) is 5.93. The van der Waals surface area contributed by atoms with Crippen LogP contribution in [0.2, 0.25) is 0 Å². The Bertz CT molecular complexity index is 683. The number of aromatic nitrogens is 2. The Hall–Kier alpha value is -3.16. The van der Waals surface area contributed by atoms with E-state index in [2.05, 4.69) is 20.5 Å². The van der Waals surface area contributed by atoms with E-state index in [1.807, 2.05) is 0 Å². The molecule has 1 aromatic carbocycles. The minimum atomic E-state index is -0.530. The molecule has 0 aliphatic carbocycles. The molecule has 0 aliphatic heterocycles. The van der Waals surface area contributed by atoms with Crippen LogP contribution in [0.5, 0.6) is 0 Å². The van der Waals surface area contributed by atoms with Gasteiger partial charge in [0.2, 0.25) is 0 Å². The fourth-order valence-corrected chi connectivity index (χ4v) is 1.48. The number of nitrogens with one attached hydrogen (secondary N) is 1. The topological polar surface area (TPSA) is 110 Å². The van der Waals surface area contributed by atoms with Crippen LogP contribution in [0.3, 0.4) is 0 Å². The number of rotatable bonds is 4. The average Bonchev–Trinajstić information content (AvgIpc) is 2.53. The first-order chi connectivity index (χ1) is 10.1. The lowest BCUT2D eigenvalue weighted by molar-refractivity contribution is -0.384. The van der Waals surface area contributed by atoms with Crippen molar-refractivity contribution >= 4 is 17.3 Å². The van der Waals surface area contributed by atoms with Crippen molar-refractivity contribution in [3.8, 4) is 0 Å². The third kappa shape index (κ3) is 3.66. The molecule has 0 aliphatic rings. The third-order valence-corrected chi connectivity index (χ3v) is 2.60. The van der Waals surface area contributed by atoms with Crippen LogP contribution in [-0.4, -0.2) is 26.5 Å². The predicted molar refractivity (Wildman–Crippen MR) is 74.8 cm³/mol. The Labute approximate surface area is 119 Å². The molecule has 8 heteroatoms. The Morgan fingerprint density at radius 1 is 1.29 bits per heavy atom. The SMILES string of the molecule is C/C(=N\NC(=O)c1ccc([N+](=O)[O-])cc1)c1cnccn1. The van der Waals surface area contributed by atoms with Gasteiger partial charge in [0.1, 0.15) is 5.69 Å². The lowest BCUT2D eigenvalue weighted by Gasteiger charge is -2.02. The van der Waals surface area contributed by atoms with Crippen molar-refractivity contribution in [1.29, 1.82) is 0 Å². The lowest BCUT2D eigenvalue weighted by atomic mass is 10.2. The van der Waals surface area contributed by atoms with Crippen LogP contribution in [0.25, 0.3) is 0 Å². The van der Waals surface area contributed by atoms with Crippen LogP contribution >= 0.6 is 0 Å². The number of amides is 1. The highest BCUT2D eigenvalue weighted by atomic mass is 16.6. The molecule has 0 saturated carbocycles. The first kappa shape index (κ1) is 14.3. The van der Waals surface area contributed by atoms with Crippen LogP contribution in [-0.2, 0) is 0 Å². The zero-order chi connectivity index (χ0) is 15.2. The van der Waals surface area contributed by atoms with Gasteiger partial charge in [-0.05, 0) is 19.1 Å². The summed E-state index contributed by atoms with van der Waals surface area (Å²) in [5.41, 5.74) is 3.60. The molecule has 21 heavy (non-hydrogen) atoms. The number of hydrogen-bond donors (Lipinski definition) is 1. The lowest BCUT2D eigenvalue weighted by Crippen LogP contribution is -2.19. The van der Waals surface area contributed by atoms with Gasteiger partial charge in [-0.1, -0.05) is 0 Å². The van der Waals surface area contributed by atoms with Crippen LogP contribution in [0.1, 0.15) is 23.0 Å². The van der Waals surface area contributed by atoms with E-state index in [1.54, 1.807) is 6.92 Å². The van der Waals surface area contributed by atoms with Crippen molar-refractivity contribution in [1.82, 2.24) is 15.4 Å². The van der Waals surface area contributed by atoms with Crippen LogP contribution in [0.4, 0.5) is 5.69 Å². The zero-order valence-electron chi connectivity index (χ0n) is 11.1. The molecule has 1 heterocycles. The molecule has 0 unspecified atom stereocenters. The maximum Gasteiger partial charge on any atom is 0.271 e. The van der Waals surface area contributed by atoms with Gasteiger partial charge in [-0.3, -0.25) is 24.9 Å². The molecule has 106 valence electrons. The summed E-state index contributed by atoms with van der Waals surface area (Å²) in [6.07, 6.45) is 4.58. The molecule has 0 spiro atoms. The molecular weight excluding hydrogens is 274 g/mol. The summed E-state index contributed by atoms with van der Waals surface area (Å²) in [4.78, 5) is 29.8. The predicted octanol–water partition coefficient (Wildman–Crippen LogP) is 1.54. The van der Waals surface area contributed by atoms with Crippen molar-refractivity contribution in [3.05, 3.63) is 64.2 Å². The number of hydrogen-bond acceptors (Lipinski definition) is 6. The van der Waals surface area contributed by atoms with E-state index >= 15 is 0 Å². The third-order valence-electron chi connectivity index (χ3n) is 2.60. The number of carbonyl (C=O) groups is 1. The first-order valence-corrected chi connectivity index (χ1v) is 5.93. The molecule has 2 aromatic rings. The molecule has 0 radical (unpaired) electrons. The minimum Gasteiger partial charge on any atom is -0.267 e. The highest BCUT2D eigenvalue weighted by Crippen LogP contribution is 2.11. The van der Waals surface area contributed by atoms with Gasteiger partial charge in [0.05, 0.1) is 16.8 Å². The van der Waals surface area contributed by atoms with Crippen molar-refractivity contribution in [2.24, 2.45) is 5.10 Å². The maximum absolute atomic E-state index is 11.8. The average molecular weight is 285 g/mol. The van der Waals surface area contributed by atoms with Crippen LogP contribution in [0.15, 0.2) is 48.0 Å². The second kappa shape index (κ2) is 6.33. The summed E-state index contributed by atoms with van der Waals surface area (Å²) in [7, 11) is 0. The summed E-state index contributed by atoms with van der Waals surface area (Å²) < 4.78 is 0. The van der Waals surface area contributed by atoms with E-state index in [0.29, 0.717) is 11.4 Å². The maximum atomic E-state index is 11.8. The van der Waals surface area contributed by atoms with Gasteiger partial charge in [0.25, 0.3) is 11.6 Å². The second-order valence-corrected chi connectivity index (χ2v) is 4.03. The van der Waals surface area contributed by atoms with Gasteiger partial charge in [-0.15, -0.1) is 0 Å². The molecule has 0 bridgehead atoms. The number of nitro benzene ring substituents is 1. The molecule has 8 nitrogen and oxygen atoms in total. The van der Waals surface area contributed by atoms with E-state index in [4.69, 9.17) is 0 Å². The highest BCUT2D eigenvalue weighted by Gasteiger charge is 2.09. The van der Waals surface area contributed by atoms with Gasteiger partial charge in [-0.2, -0.15) is 5.10 Å². The molecule has 1 aromatic heterocycles. The second-order valence-electron chi connectivity index (χ2n) is 4.03. The van der Waals surface area contributed by atoms with Gasteiger partial charge in [0, 0.05) is 30.1 Å². The van der Waals surface area contributed by atoms with Crippen molar-refractivity contribution in [3.63, 3.8) is 0 Å². The largest absolute Gasteiger partial charge is 0.271 e. The fraction of sp³-hybridized carbons (Fsp3) is 0.0769. The molecule has 2 rings (SSSR count). The van der Waals surface area contributed by atoms with E-state index in [9.17, 15) is 14.9 Å². The molecule has 0 saturated heterocycles. The summed E-state index contributed by atoms with van der Waals surface area (Å²) in [5, 5.41) is 14.4. The Morgan fingerprint density at radius 2 is 2.00 bits per heavy atom. The number of carbonyl (C=O) groups excluding carboxylic acids is 1. The zero-order valence-corrected chi connectivity index (χ0v) is 11.1. The summed E-state index contributed by atoms with van der Waals surface area (Å²) >= 11 is 0. The van der Waals surface area contributed by atoms with Gasteiger partial charge in [-0.25, -0.2) is 5.43 Å². The quantitative estimate of drug-likeness (QED) is 0.520.